The van der Waals surface area contributed by atoms with Crippen LogP contribution in [0.2, 0.25) is 0 Å². The van der Waals surface area contributed by atoms with E-state index in [4.69, 9.17) is 4.74 Å². The van der Waals surface area contributed by atoms with Gasteiger partial charge in [-0.3, -0.25) is 5.43 Å². The fourth-order valence-electron chi connectivity index (χ4n) is 2.31. The van der Waals surface area contributed by atoms with Crippen LogP contribution < -0.4 is 5.43 Å². The van der Waals surface area contributed by atoms with Gasteiger partial charge in [0.1, 0.15) is 0 Å². The molecular weight excluding hydrogens is 262 g/mol. The Kier molecular flexibility index (Phi) is 4.49. The second-order valence-corrected chi connectivity index (χ2v) is 4.88. The Labute approximate surface area is 125 Å². The number of hydrazone groups is 1. The first-order valence-electron chi connectivity index (χ1n) is 7.20. The van der Waals surface area contributed by atoms with Crippen LogP contribution in [0.25, 0.3) is 0 Å². The maximum absolute atomic E-state index is 5.43. The van der Waals surface area contributed by atoms with Crippen LogP contribution in [0.5, 0.6) is 0 Å². The van der Waals surface area contributed by atoms with E-state index >= 15 is 0 Å². The summed E-state index contributed by atoms with van der Waals surface area (Å²) in [5.41, 5.74) is 5.25. The van der Waals surface area contributed by atoms with Gasteiger partial charge in [-0.25, -0.2) is 0 Å². The van der Waals surface area contributed by atoms with E-state index < -0.39 is 0 Å². The number of nitrogens with zero attached hydrogens (tertiary/aromatic N) is 2. The second kappa shape index (κ2) is 6.90. The van der Waals surface area contributed by atoms with Crippen LogP contribution in [0.1, 0.15) is 5.56 Å². The van der Waals surface area contributed by atoms with Gasteiger partial charge in [0.05, 0.1) is 18.9 Å². The number of morpholine rings is 1. The zero-order chi connectivity index (χ0) is 14.3. The molecular formula is C17H19N3O. The lowest BCUT2D eigenvalue weighted by Gasteiger charge is -2.29. The van der Waals surface area contributed by atoms with Crippen molar-refractivity contribution in [2.75, 3.05) is 31.7 Å². The van der Waals surface area contributed by atoms with Gasteiger partial charge in [-0.05, 0) is 12.1 Å². The minimum atomic E-state index is 0.747. The SMILES string of the molecule is c1ccc(NN=C(c2ccccc2)N2CCOCC2)cc1. The molecule has 4 nitrogen and oxygen atoms in total. The van der Waals surface area contributed by atoms with E-state index in [1.54, 1.807) is 0 Å². The summed E-state index contributed by atoms with van der Waals surface area (Å²) in [6.45, 7) is 3.22. The van der Waals surface area contributed by atoms with Crippen LogP contribution in [0, 0.1) is 0 Å². The van der Waals surface area contributed by atoms with E-state index in [1.165, 1.54) is 0 Å². The smallest absolute Gasteiger partial charge is 0.156 e. The monoisotopic (exact) mass is 281 g/mol. The van der Waals surface area contributed by atoms with Crippen molar-refractivity contribution in [3.63, 3.8) is 0 Å². The molecule has 4 heteroatoms. The molecule has 2 aromatic rings. The standard InChI is InChI=1S/C17H19N3O/c1-3-7-15(8-4-1)17(20-11-13-21-14-12-20)19-18-16-9-5-2-6-10-16/h1-10,18H,11-14H2. The van der Waals surface area contributed by atoms with E-state index in [0.717, 1.165) is 43.4 Å². The highest BCUT2D eigenvalue weighted by molar-refractivity contribution is 5.99. The van der Waals surface area contributed by atoms with Crippen molar-refractivity contribution in [3.8, 4) is 0 Å². The fraction of sp³-hybridized carbons (Fsp3) is 0.235. The summed E-state index contributed by atoms with van der Waals surface area (Å²) in [6, 6.07) is 20.3. The molecule has 108 valence electrons. The summed E-state index contributed by atoms with van der Waals surface area (Å²) in [5, 5.41) is 4.62. The lowest BCUT2D eigenvalue weighted by Crippen LogP contribution is -2.41. The number of benzene rings is 2. The van der Waals surface area contributed by atoms with Gasteiger partial charge in [-0.15, -0.1) is 0 Å². The molecule has 0 aromatic heterocycles. The second-order valence-electron chi connectivity index (χ2n) is 4.88. The normalized spacial score (nSPS) is 15.8. The van der Waals surface area contributed by atoms with E-state index in [2.05, 4.69) is 27.6 Å². The molecule has 0 unspecified atom stereocenters. The van der Waals surface area contributed by atoms with Gasteiger partial charge >= 0.3 is 0 Å². The molecule has 3 rings (SSSR count). The number of rotatable bonds is 3. The Bertz CT molecular complexity index is 577. The Hall–Kier alpha value is -2.33. The molecule has 1 aliphatic heterocycles. The topological polar surface area (TPSA) is 36.9 Å². The number of hydrogen-bond donors (Lipinski definition) is 1. The molecule has 21 heavy (non-hydrogen) atoms. The lowest BCUT2D eigenvalue weighted by molar-refractivity contribution is 0.0682. The lowest BCUT2D eigenvalue weighted by atomic mass is 10.2. The van der Waals surface area contributed by atoms with Crippen LogP contribution in [0.4, 0.5) is 5.69 Å². The van der Waals surface area contributed by atoms with Gasteiger partial charge in [-0.2, -0.15) is 5.10 Å². The molecule has 1 heterocycles. The summed E-state index contributed by atoms with van der Waals surface area (Å²) < 4.78 is 5.43. The fourth-order valence-corrected chi connectivity index (χ4v) is 2.31. The zero-order valence-corrected chi connectivity index (χ0v) is 11.9. The van der Waals surface area contributed by atoms with E-state index in [-0.39, 0.29) is 0 Å². The third-order valence-corrected chi connectivity index (χ3v) is 3.41. The Balaban J connectivity index is 1.84. The van der Waals surface area contributed by atoms with Gasteiger partial charge in [0, 0.05) is 18.7 Å². The van der Waals surface area contributed by atoms with Gasteiger partial charge in [0.2, 0.25) is 0 Å². The molecule has 1 aliphatic rings. The average Bonchev–Trinajstić information content (AvgIpc) is 2.58. The molecule has 0 bridgehead atoms. The highest BCUT2D eigenvalue weighted by Crippen LogP contribution is 2.11. The molecule has 0 aliphatic carbocycles. The molecule has 1 fully saturated rings. The molecule has 1 saturated heterocycles. The number of amidine groups is 1. The quantitative estimate of drug-likeness (QED) is 0.534. The predicted molar refractivity (Wildman–Crippen MR) is 85.4 cm³/mol. The van der Waals surface area contributed by atoms with Gasteiger partial charge < -0.3 is 9.64 Å². The molecule has 0 atom stereocenters. The van der Waals surface area contributed by atoms with Crippen LogP contribution in [-0.4, -0.2) is 37.0 Å². The summed E-state index contributed by atoms with van der Waals surface area (Å²) in [5.74, 6) is 0.961. The van der Waals surface area contributed by atoms with E-state index in [9.17, 15) is 0 Å². The van der Waals surface area contributed by atoms with Crippen molar-refractivity contribution in [1.82, 2.24) is 4.90 Å². The number of hydrogen-bond acceptors (Lipinski definition) is 3. The maximum atomic E-state index is 5.43. The molecule has 0 saturated carbocycles. The van der Waals surface area contributed by atoms with Crippen LogP contribution in [0.3, 0.4) is 0 Å². The number of nitrogens with one attached hydrogen (secondary N) is 1. The third-order valence-electron chi connectivity index (χ3n) is 3.41. The Morgan fingerprint density at radius 1 is 0.905 bits per heavy atom. The van der Waals surface area contributed by atoms with Gasteiger partial charge in [0.25, 0.3) is 0 Å². The Morgan fingerprint density at radius 2 is 1.52 bits per heavy atom. The van der Waals surface area contributed by atoms with Crippen molar-refractivity contribution in [3.05, 3.63) is 66.2 Å². The van der Waals surface area contributed by atoms with Crippen LogP contribution in [0.15, 0.2) is 65.8 Å². The van der Waals surface area contributed by atoms with E-state index in [1.807, 2.05) is 48.5 Å². The van der Waals surface area contributed by atoms with Crippen LogP contribution >= 0.6 is 0 Å². The van der Waals surface area contributed by atoms with Crippen molar-refractivity contribution in [2.24, 2.45) is 5.10 Å². The summed E-state index contributed by atoms with van der Waals surface area (Å²) >= 11 is 0. The maximum Gasteiger partial charge on any atom is 0.156 e. The van der Waals surface area contributed by atoms with Crippen molar-refractivity contribution >= 4 is 11.5 Å². The minimum Gasteiger partial charge on any atom is -0.378 e. The van der Waals surface area contributed by atoms with Gasteiger partial charge in [-0.1, -0.05) is 48.5 Å². The summed E-state index contributed by atoms with van der Waals surface area (Å²) in [4.78, 5) is 2.26. The van der Waals surface area contributed by atoms with Crippen molar-refractivity contribution < 1.29 is 4.74 Å². The van der Waals surface area contributed by atoms with E-state index in [0.29, 0.717) is 0 Å². The summed E-state index contributed by atoms with van der Waals surface area (Å²) in [6.07, 6.45) is 0. The van der Waals surface area contributed by atoms with Crippen molar-refractivity contribution in [2.45, 2.75) is 0 Å². The predicted octanol–water partition coefficient (Wildman–Crippen LogP) is 2.79. The average molecular weight is 281 g/mol. The molecule has 1 N–H and O–H groups in total. The van der Waals surface area contributed by atoms with Gasteiger partial charge in [0.15, 0.2) is 5.84 Å². The first-order valence-corrected chi connectivity index (χ1v) is 7.20. The molecule has 2 aromatic carbocycles. The zero-order valence-electron chi connectivity index (χ0n) is 11.9. The number of ether oxygens (including phenoxy) is 1. The Morgan fingerprint density at radius 3 is 2.19 bits per heavy atom. The van der Waals surface area contributed by atoms with Crippen molar-refractivity contribution in [1.29, 1.82) is 0 Å². The highest BCUT2D eigenvalue weighted by Gasteiger charge is 2.16. The number of anilines is 1. The third kappa shape index (κ3) is 3.61. The largest absolute Gasteiger partial charge is 0.378 e. The van der Waals surface area contributed by atoms with Crippen LogP contribution in [-0.2, 0) is 4.74 Å². The number of para-hydroxylation sites is 1. The molecule has 0 radical (unpaired) electrons. The summed E-state index contributed by atoms with van der Waals surface area (Å²) in [7, 11) is 0. The first-order chi connectivity index (χ1) is 10.4. The minimum absolute atomic E-state index is 0.747. The molecule has 0 amide bonds. The highest BCUT2D eigenvalue weighted by atomic mass is 16.5. The first kappa shape index (κ1) is 13.6. The molecule has 0 spiro atoms.